The molecule has 5 heterocycles. The lowest BCUT2D eigenvalue weighted by Gasteiger charge is -2.47. The quantitative estimate of drug-likeness (QED) is 0.405. The monoisotopic (exact) mass is 513 g/mol. The molecule has 1 unspecified atom stereocenters. The number of ether oxygens (including phenoxy) is 2. The highest BCUT2D eigenvalue weighted by atomic mass is 32.1. The normalized spacial score (nSPS) is 23.3. The van der Waals surface area contributed by atoms with Gasteiger partial charge in [0.1, 0.15) is 12.4 Å². The third kappa shape index (κ3) is 5.01. The van der Waals surface area contributed by atoms with E-state index in [-0.39, 0.29) is 11.6 Å². The molecule has 2 aliphatic heterocycles. The summed E-state index contributed by atoms with van der Waals surface area (Å²) in [6.45, 7) is 10.7. The summed E-state index contributed by atoms with van der Waals surface area (Å²) in [5.41, 5.74) is 2.34. The second-order valence-electron chi connectivity index (χ2n) is 10.1. The first-order valence-electron chi connectivity index (χ1n) is 13.3. The number of piperidine rings is 1. The van der Waals surface area contributed by atoms with Crippen molar-refractivity contribution in [3.63, 3.8) is 0 Å². The van der Waals surface area contributed by atoms with Gasteiger partial charge >= 0.3 is 0 Å². The number of fused-ring (bicyclic) bond motifs is 2. The van der Waals surface area contributed by atoms with E-state index in [0.717, 1.165) is 76.3 Å². The molecule has 0 aliphatic carbocycles. The summed E-state index contributed by atoms with van der Waals surface area (Å²) in [5, 5.41) is 17.7. The second-order valence-corrected chi connectivity index (χ2v) is 11.4. The molecule has 0 N–H and O–H groups in total. The molecule has 3 aromatic rings. The molecule has 0 radical (unpaired) electrons. The minimum absolute atomic E-state index is 0.0121. The zero-order valence-corrected chi connectivity index (χ0v) is 22.8. The summed E-state index contributed by atoms with van der Waals surface area (Å²) in [7, 11) is 1.71. The van der Waals surface area contributed by atoms with E-state index >= 15 is 0 Å². The zero-order chi connectivity index (χ0) is 25.1. The molecule has 1 spiro atoms. The Morgan fingerprint density at radius 1 is 1.31 bits per heavy atom. The van der Waals surface area contributed by atoms with Crippen molar-refractivity contribution in [2.24, 2.45) is 0 Å². The number of hydrogen-bond donors (Lipinski definition) is 0. The van der Waals surface area contributed by atoms with Crippen LogP contribution in [0.4, 0.5) is 0 Å². The first-order chi connectivity index (χ1) is 17.6. The topological polar surface area (TPSA) is 83.1 Å². The number of thiophene rings is 1. The maximum Gasteiger partial charge on any atom is 0.157 e. The van der Waals surface area contributed by atoms with E-state index in [9.17, 15) is 0 Å². The van der Waals surface area contributed by atoms with Crippen molar-refractivity contribution in [2.75, 3.05) is 26.9 Å². The van der Waals surface area contributed by atoms with Crippen LogP contribution in [0.1, 0.15) is 79.3 Å². The van der Waals surface area contributed by atoms with E-state index in [1.807, 2.05) is 16.0 Å². The van der Waals surface area contributed by atoms with Gasteiger partial charge in [-0.15, -0.1) is 26.6 Å². The minimum atomic E-state index is -0.121. The van der Waals surface area contributed by atoms with Gasteiger partial charge in [0.25, 0.3) is 0 Å². The third-order valence-electron chi connectivity index (χ3n) is 7.74. The van der Waals surface area contributed by atoms with Crippen LogP contribution in [-0.4, -0.2) is 67.6 Å². The predicted octanol–water partition coefficient (Wildman–Crippen LogP) is 3.98. The Morgan fingerprint density at radius 2 is 2.19 bits per heavy atom. The third-order valence-corrected chi connectivity index (χ3v) is 9.08. The lowest BCUT2D eigenvalue weighted by Crippen LogP contribution is -2.50. The molecule has 0 aromatic carbocycles. The molecule has 5 rings (SSSR count). The Morgan fingerprint density at radius 3 is 2.97 bits per heavy atom. The summed E-state index contributed by atoms with van der Waals surface area (Å²) < 4.78 is 15.8. The van der Waals surface area contributed by atoms with Crippen molar-refractivity contribution in [3.8, 4) is 0 Å². The van der Waals surface area contributed by atoms with Gasteiger partial charge in [-0.05, 0) is 44.2 Å². The van der Waals surface area contributed by atoms with Crippen molar-refractivity contribution in [1.82, 2.24) is 34.7 Å². The van der Waals surface area contributed by atoms with Crippen LogP contribution in [0.2, 0.25) is 0 Å². The lowest BCUT2D eigenvalue weighted by molar-refractivity contribution is -0.112. The smallest absolute Gasteiger partial charge is 0.157 e. The Hall–Kier alpha value is -2.14. The average molecular weight is 514 g/mol. The molecule has 0 saturated carbocycles. The summed E-state index contributed by atoms with van der Waals surface area (Å²) in [6.07, 6.45) is 10.0. The number of aromatic nitrogens is 6. The highest BCUT2D eigenvalue weighted by Gasteiger charge is 2.44. The maximum atomic E-state index is 6.53. The molecular formula is C26H39N7O2S. The van der Waals surface area contributed by atoms with Crippen LogP contribution in [0.15, 0.2) is 18.6 Å². The van der Waals surface area contributed by atoms with Crippen LogP contribution in [0.3, 0.4) is 0 Å². The van der Waals surface area contributed by atoms with Gasteiger partial charge in [-0.2, -0.15) is 0 Å². The van der Waals surface area contributed by atoms with Crippen LogP contribution in [0.5, 0.6) is 0 Å². The Bertz CT molecular complexity index is 1140. The van der Waals surface area contributed by atoms with E-state index in [1.165, 1.54) is 10.4 Å². The molecule has 10 heteroatoms. The van der Waals surface area contributed by atoms with E-state index in [1.54, 1.807) is 18.3 Å². The zero-order valence-electron chi connectivity index (χ0n) is 22.0. The highest BCUT2D eigenvalue weighted by molar-refractivity contribution is 7.12. The number of hydrogen-bond acceptors (Lipinski definition) is 8. The maximum absolute atomic E-state index is 6.53. The number of aryl methyl sites for hydroxylation is 1. The molecule has 1 fully saturated rings. The van der Waals surface area contributed by atoms with Crippen molar-refractivity contribution < 1.29 is 9.47 Å². The summed E-state index contributed by atoms with van der Waals surface area (Å²) >= 11 is 1.99. The molecule has 0 bridgehead atoms. The molecular weight excluding hydrogens is 474 g/mol. The van der Waals surface area contributed by atoms with Crippen molar-refractivity contribution in [1.29, 1.82) is 0 Å². The fraction of sp³-hybridized carbons (Fsp3) is 0.692. The largest absolute Gasteiger partial charge is 0.383 e. The van der Waals surface area contributed by atoms with Gasteiger partial charge in [0.15, 0.2) is 5.82 Å². The molecule has 0 amide bonds. The SMILES string of the molecule is CCCC(c1nncn1CCOC)n1cc(CN2CC[C@]3(C[C@@H]2C)OCCc2sc(CC)cc23)nn1. The number of methoxy groups -OCH3 is 1. The molecule has 36 heavy (non-hydrogen) atoms. The number of nitrogens with zero attached hydrogens (tertiary/aromatic N) is 7. The van der Waals surface area contributed by atoms with Crippen LogP contribution in [0, 0.1) is 0 Å². The van der Waals surface area contributed by atoms with Gasteiger partial charge in [0, 0.05) is 49.0 Å². The lowest BCUT2D eigenvalue weighted by atomic mass is 9.79. The van der Waals surface area contributed by atoms with Gasteiger partial charge in [-0.1, -0.05) is 25.5 Å². The van der Waals surface area contributed by atoms with Crippen molar-refractivity contribution in [3.05, 3.63) is 45.4 Å². The summed E-state index contributed by atoms with van der Waals surface area (Å²) in [6, 6.07) is 2.84. The van der Waals surface area contributed by atoms with E-state index in [0.29, 0.717) is 12.6 Å². The minimum Gasteiger partial charge on any atom is -0.383 e. The van der Waals surface area contributed by atoms with E-state index < -0.39 is 0 Å². The van der Waals surface area contributed by atoms with Crippen LogP contribution in [-0.2, 0) is 41.0 Å². The second kappa shape index (κ2) is 11.1. The van der Waals surface area contributed by atoms with Gasteiger partial charge in [-0.25, -0.2) is 4.68 Å². The summed E-state index contributed by atoms with van der Waals surface area (Å²) in [4.78, 5) is 5.55. The Labute approximate surface area is 217 Å². The van der Waals surface area contributed by atoms with Gasteiger partial charge < -0.3 is 14.0 Å². The highest BCUT2D eigenvalue weighted by Crippen LogP contribution is 2.46. The fourth-order valence-electron chi connectivity index (χ4n) is 5.79. The first-order valence-corrected chi connectivity index (χ1v) is 14.2. The van der Waals surface area contributed by atoms with Crippen LogP contribution in [0.25, 0.3) is 0 Å². The number of rotatable bonds is 10. The van der Waals surface area contributed by atoms with Gasteiger partial charge in [-0.3, -0.25) is 4.90 Å². The first kappa shape index (κ1) is 25.5. The van der Waals surface area contributed by atoms with Crippen molar-refractivity contribution >= 4 is 11.3 Å². The van der Waals surface area contributed by atoms with Gasteiger partial charge in [0.05, 0.1) is 30.7 Å². The fourth-order valence-corrected chi connectivity index (χ4v) is 6.97. The van der Waals surface area contributed by atoms with Crippen LogP contribution >= 0.6 is 11.3 Å². The summed E-state index contributed by atoms with van der Waals surface area (Å²) in [5.74, 6) is 0.908. The Kier molecular flexibility index (Phi) is 7.85. The van der Waals surface area contributed by atoms with Crippen molar-refractivity contribution in [2.45, 2.75) is 90.1 Å². The van der Waals surface area contributed by atoms with Gasteiger partial charge in [0.2, 0.25) is 0 Å². The molecule has 196 valence electrons. The van der Waals surface area contributed by atoms with E-state index in [2.05, 4.69) is 63.0 Å². The predicted molar refractivity (Wildman–Crippen MR) is 139 cm³/mol. The standard InChI is InChI=1S/C26H39N7O2S/c1-5-7-23(25-29-27-18-32(25)11-13-34-4)33-17-20(28-30-33)16-31-10-9-26(15-19(31)3)22-14-21(6-2)36-24(22)8-12-35-26/h14,17-19,23H,5-13,15-16H2,1-4H3/t19-,23?,26+/m0/s1. The molecule has 9 nitrogen and oxygen atoms in total. The Balaban J connectivity index is 1.28. The number of likely N-dealkylation sites (tertiary alicyclic amines) is 1. The molecule has 3 aromatic heterocycles. The molecule has 1 saturated heterocycles. The average Bonchev–Trinajstić information content (AvgIpc) is 3.63. The molecule has 2 aliphatic rings. The molecule has 3 atom stereocenters. The van der Waals surface area contributed by atoms with E-state index in [4.69, 9.17) is 9.47 Å². The van der Waals surface area contributed by atoms with Crippen LogP contribution < -0.4 is 0 Å².